The highest BCUT2D eigenvalue weighted by molar-refractivity contribution is 7.71. The van der Waals surface area contributed by atoms with Crippen molar-refractivity contribution in [1.82, 2.24) is 14.8 Å². The fourth-order valence-corrected chi connectivity index (χ4v) is 2.16. The van der Waals surface area contributed by atoms with Crippen LogP contribution in [-0.2, 0) is 0 Å². The van der Waals surface area contributed by atoms with Crippen molar-refractivity contribution in [2.45, 2.75) is 25.8 Å². The number of aromatic amines is 1. The van der Waals surface area contributed by atoms with Gasteiger partial charge in [0.2, 0.25) is 0 Å². The van der Waals surface area contributed by atoms with Crippen LogP contribution in [0, 0.1) is 11.7 Å². The molecule has 1 fully saturated rings. The van der Waals surface area contributed by atoms with Crippen LogP contribution in [-0.4, -0.2) is 14.8 Å². The van der Waals surface area contributed by atoms with Crippen LogP contribution in [0.2, 0.25) is 0 Å². The summed E-state index contributed by atoms with van der Waals surface area (Å²) in [5, 5.41) is 7.21. The van der Waals surface area contributed by atoms with E-state index < -0.39 is 0 Å². The number of aryl methyl sites for hydroxylation is 1. The van der Waals surface area contributed by atoms with Crippen LogP contribution in [0.1, 0.15) is 24.4 Å². The standard InChI is InChI=1S/C12H13N3S/c1-8-2-4-9(5-3-8)11-13-14-12(16)15(11)10-6-7-10/h2-5,10H,6-7H2,1H3,(H,14,16). The van der Waals surface area contributed by atoms with E-state index in [-0.39, 0.29) is 0 Å². The van der Waals surface area contributed by atoms with E-state index in [4.69, 9.17) is 12.2 Å². The van der Waals surface area contributed by atoms with Crippen LogP contribution >= 0.6 is 12.2 Å². The summed E-state index contributed by atoms with van der Waals surface area (Å²) in [6, 6.07) is 8.95. The molecular formula is C12H13N3S. The molecule has 0 aliphatic heterocycles. The van der Waals surface area contributed by atoms with Gasteiger partial charge in [0.25, 0.3) is 0 Å². The van der Waals surface area contributed by atoms with Crippen molar-refractivity contribution >= 4 is 12.2 Å². The fourth-order valence-electron chi connectivity index (χ4n) is 1.88. The Morgan fingerprint density at radius 3 is 2.62 bits per heavy atom. The number of hydrogen-bond acceptors (Lipinski definition) is 2. The molecule has 0 unspecified atom stereocenters. The van der Waals surface area contributed by atoms with Crippen molar-refractivity contribution in [3.8, 4) is 11.4 Å². The van der Waals surface area contributed by atoms with Gasteiger partial charge in [0.05, 0.1) is 0 Å². The van der Waals surface area contributed by atoms with Crippen LogP contribution in [0.15, 0.2) is 24.3 Å². The van der Waals surface area contributed by atoms with Gasteiger partial charge in [-0.1, -0.05) is 29.8 Å². The van der Waals surface area contributed by atoms with Gasteiger partial charge in [-0.05, 0) is 32.0 Å². The second-order valence-electron chi connectivity index (χ2n) is 4.32. The molecule has 1 saturated carbocycles. The van der Waals surface area contributed by atoms with Gasteiger partial charge >= 0.3 is 0 Å². The molecule has 3 nitrogen and oxygen atoms in total. The molecule has 1 heterocycles. The molecule has 1 aliphatic carbocycles. The third-order valence-corrected chi connectivity index (χ3v) is 3.21. The van der Waals surface area contributed by atoms with Crippen LogP contribution in [0.5, 0.6) is 0 Å². The molecule has 0 radical (unpaired) electrons. The molecule has 4 heteroatoms. The Balaban J connectivity index is 2.12. The lowest BCUT2D eigenvalue weighted by Crippen LogP contribution is -1.97. The lowest BCUT2D eigenvalue weighted by Gasteiger charge is -2.04. The lowest BCUT2D eigenvalue weighted by molar-refractivity contribution is 0.735. The number of benzene rings is 1. The summed E-state index contributed by atoms with van der Waals surface area (Å²) < 4.78 is 2.87. The molecule has 0 atom stereocenters. The molecule has 0 bridgehead atoms. The van der Waals surface area contributed by atoms with Gasteiger partial charge in [-0.25, -0.2) is 0 Å². The third kappa shape index (κ3) is 1.59. The Bertz CT molecular complexity index is 561. The van der Waals surface area contributed by atoms with Gasteiger partial charge in [-0.3, -0.25) is 9.67 Å². The molecule has 1 N–H and O–H groups in total. The van der Waals surface area contributed by atoms with E-state index in [1.807, 2.05) is 0 Å². The molecule has 82 valence electrons. The van der Waals surface area contributed by atoms with E-state index in [1.165, 1.54) is 18.4 Å². The van der Waals surface area contributed by atoms with Gasteiger partial charge < -0.3 is 0 Å². The summed E-state index contributed by atoms with van der Waals surface area (Å²) >= 11 is 5.26. The van der Waals surface area contributed by atoms with Crippen LogP contribution < -0.4 is 0 Å². The molecule has 1 aromatic heterocycles. The minimum Gasteiger partial charge on any atom is -0.297 e. The molecular weight excluding hydrogens is 218 g/mol. The van der Waals surface area contributed by atoms with Gasteiger partial charge in [0.1, 0.15) is 0 Å². The van der Waals surface area contributed by atoms with Gasteiger partial charge in [0, 0.05) is 11.6 Å². The van der Waals surface area contributed by atoms with Crippen molar-refractivity contribution in [2.24, 2.45) is 0 Å². The maximum atomic E-state index is 5.26. The van der Waals surface area contributed by atoms with Gasteiger partial charge in [-0.15, -0.1) is 0 Å². The fraction of sp³-hybridized carbons (Fsp3) is 0.333. The number of nitrogens with one attached hydrogen (secondary N) is 1. The average Bonchev–Trinajstić information content (AvgIpc) is 3.04. The number of hydrogen-bond donors (Lipinski definition) is 1. The van der Waals surface area contributed by atoms with E-state index in [1.54, 1.807) is 0 Å². The number of aromatic nitrogens is 3. The molecule has 1 aromatic carbocycles. The summed E-state index contributed by atoms with van der Waals surface area (Å²) in [7, 11) is 0. The Labute approximate surface area is 99.1 Å². The lowest BCUT2D eigenvalue weighted by atomic mass is 10.1. The Kier molecular flexibility index (Phi) is 2.17. The maximum Gasteiger partial charge on any atom is 0.195 e. The topological polar surface area (TPSA) is 33.6 Å². The predicted molar refractivity (Wildman–Crippen MR) is 65.9 cm³/mol. The molecule has 16 heavy (non-hydrogen) atoms. The highest BCUT2D eigenvalue weighted by Crippen LogP contribution is 2.37. The van der Waals surface area contributed by atoms with Crippen molar-refractivity contribution in [1.29, 1.82) is 0 Å². The predicted octanol–water partition coefficient (Wildman–Crippen LogP) is 3.25. The van der Waals surface area contributed by atoms with Crippen LogP contribution in [0.25, 0.3) is 11.4 Å². The largest absolute Gasteiger partial charge is 0.297 e. The Hall–Kier alpha value is -1.42. The van der Waals surface area contributed by atoms with Crippen molar-refractivity contribution in [2.75, 3.05) is 0 Å². The monoisotopic (exact) mass is 231 g/mol. The van der Waals surface area contributed by atoms with Crippen molar-refractivity contribution in [3.05, 3.63) is 34.6 Å². The van der Waals surface area contributed by atoms with E-state index in [2.05, 4.69) is 46.0 Å². The molecule has 0 spiro atoms. The van der Waals surface area contributed by atoms with Crippen molar-refractivity contribution in [3.63, 3.8) is 0 Å². The smallest absolute Gasteiger partial charge is 0.195 e. The summed E-state index contributed by atoms with van der Waals surface area (Å²) in [6.45, 7) is 2.09. The normalized spacial score (nSPS) is 15.3. The SMILES string of the molecule is Cc1ccc(-c2n[nH]c(=S)n2C2CC2)cc1. The second kappa shape index (κ2) is 3.56. The summed E-state index contributed by atoms with van der Waals surface area (Å²) in [5.74, 6) is 0.965. The van der Waals surface area contributed by atoms with Gasteiger partial charge in [0.15, 0.2) is 10.6 Å². The highest BCUT2D eigenvalue weighted by Gasteiger charge is 2.27. The van der Waals surface area contributed by atoms with Gasteiger partial charge in [-0.2, -0.15) is 5.10 Å². The van der Waals surface area contributed by atoms with Crippen LogP contribution in [0.4, 0.5) is 0 Å². The van der Waals surface area contributed by atoms with Crippen molar-refractivity contribution < 1.29 is 0 Å². The molecule has 0 saturated heterocycles. The Morgan fingerprint density at radius 1 is 1.31 bits per heavy atom. The Morgan fingerprint density at radius 2 is 2.00 bits per heavy atom. The molecule has 2 aromatic rings. The maximum absolute atomic E-state index is 5.26. The number of rotatable bonds is 2. The summed E-state index contributed by atoms with van der Waals surface area (Å²) in [5.41, 5.74) is 2.39. The van der Waals surface area contributed by atoms with Crippen LogP contribution in [0.3, 0.4) is 0 Å². The first kappa shape index (κ1) is 9.78. The first-order valence-corrected chi connectivity index (χ1v) is 5.90. The highest BCUT2D eigenvalue weighted by atomic mass is 32.1. The second-order valence-corrected chi connectivity index (χ2v) is 4.71. The first-order valence-electron chi connectivity index (χ1n) is 5.49. The molecule has 0 amide bonds. The summed E-state index contributed by atoms with van der Waals surface area (Å²) in [4.78, 5) is 0. The van der Waals surface area contributed by atoms with E-state index >= 15 is 0 Å². The zero-order chi connectivity index (χ0) is 11.1. The van der Waals surface area contributed by atoms with E-state index in [0.29, 0.717) is 6.04 Å². The molecule has 1 aliphatic rings. The quantitative estimate of drug-likeness (QED) is 0.805. The minimum atomic E-state index is 0.558. The zero-order valence-electron chi connectivity index (χ0n) is 9.10. The zero-order valence-corrected chi connectivity index (χ0v) is 9.92. The summed E-state index contributed by atoms with van der Waals surface area (Å²) in [6.07, 6.45) is 2.43. The number of nitrogens with zero attached hydrogens (tertiary/aromatic N) is 2. The minimum absolute atomic E-state index is 0.558. The number of H-pyrrole nitrogens is 1. The molecule has 3 rings (SSSR count). The average molecular weight is 231 g/mol. The van der Waals surface area contributed by atoms with E-state index in [9.17, 15) is 0 Å². The van der Waals surface area contributed by atoms with E-state index in [0.717, 1.165) is 16.2 Å². The first-order chi connectivity index (χ1) is 7.75. The third-order valence-electron chi connectivity index (χ3n) is 2.93.